The number of nitrogens with zero attached hydrogens (tertiary/aromatic N) is 4. The lowest BCUT2D eigenvalue weighted by Crippen LogP contribution is -2.48. The van der Waals surface area contributed by atoms with Crippen molar-refractivity contribution in [2.75, 3.05) is 46.3 Å². The number of hydrogen-bond donors (Lipinski definition) is 1. The highest BCUT2D eigenvalue weighted by Gasteiger charge is 2.19. The van der Waals surface area contributed by atoms with Crippen molar-refractivity contribution in [2.24, 2.45) is 0 Å². The van der Waals surface area contributed by atoms with Gasteiger partial charge < -0.3 is 14.7 Å². The van der Waals surface area contributed by atoms with Gasteiger partial charge in [-0.05, 0) is 7.05 Å². The van der Waals surface area contributed by atoms with Crippen LogP contribution in [0.25, 0.3) is 11.4 Å². The summed E-state index contributed by atoms with van der Waals surface area (Å²) < 4.78 is 5.35. The number of nitrogens with one attached hydrogen (secondary N) is 1. The Bertz CT molecular complexity index is 680. The molecule has 0 radical (unpaired) electrons. The minimum atomic E-state index is -0.0265. The van der Waals surface area contributed by atoms with Gasteiger partial charge in [0.05, 0.1) is 12.5 Å². The molecule has 25 heavy (non-hydrogen) atoms. The largest absolute Gasteiger partial charge is 0.354 e. The molecule has 1 saturated heterocycles. The third-order valence-electron chi connectivity index (χ3n) is 4.46. The highest BCUT2D eigenvalue weighted by atomic mass is 16.5. The summed E-state index contributed by atoms with van der Waals surface area (Å²) in [5.41, 5.74) is 0.920. The van der Waals surface area contributed by atoms with E-state index < -0.39 is 0 Å². The van der Waals surface area contributed by atoms with Gasteiger partial charge in [0.25, 0.3) is 0 Å². The lowest BCUT2D eigenvalue weighted by Gasteiger charge is -2.31. The zero-order valence-corrected chi connectivity index (χ0v) is 14.8. The number of piperazine rings is 1. The summed E-state index contributed by atoms with van der Waals surface area (Å²) in [5, 5.41) is 6.99. The van der Waals surface area contributed by atoms with Crippen molar-refractivity contribution in [3.8, 4) is 11.4 Å². The smallest absolute Gasteiger partial charge is 0.234 e. The van der Waals surface area contributed by atoms with E-state index in [0.717, 1.165) is 31.7 Å². The number of hydrogen-bond acceptors (Lipinski definition) is 6. The van der Waals surface area contributed by atoms with Crippen LogP contribution in [0.1, 0.15) is 18.7 Å². The van der Waals surface area contributed by atoms with Crippen molar-refractivity contribution < 1.29 is 9.32 Å². The van der Waals surface area contributed by atoms with E-state index in [-0.39, 0.29) is 11.8 Å². The summed E-state index contributed by atoms with van der Waals surface area (Å²) >= 11 is 0. The zero-order chi connectivity index (χ0) is 17.6. The lowest BCUT2D eigenvalue weighted by atomic mass is 10.1. The first-order valence-electron chi connectivity index (χ1n) is 8.68. The number of rotatable bonds is 6. The molecule has 2 heterocycles. The van der Waals surface area contributed by atoms with Crippen LogP contribution in [0.2, 0.25) is 0 Å². The number of aromatic nitrogens is 2. The average Bonchev–Trinajstić information content (AvgIpc) is 3.13. The van der Waals surface area contributed by atoms with E-state index >= 15 is 0 Å². The van der Waals surface area contributed by atoms with Crippen molar-refractivity contribution in [2.45, 2.75) is 12.8 Å². The van der Waals surface area contributed by atoms with Gasteiger partial charge in [-0.3, -0.25) is 9.69 Å². The predicted molar refractivity (Wildman–Crippen MR) is 95.1 cm³/mol. The molecule has 7 heteroatoms. The fraction of sp³-hybridized carbons (Fsp3) is 0.500. The van der Waals surface area contributed by atoms with E-state index in [1.54, 1.807) is 0 Å². The van der Waals surface area contributed by atoms with E-state index in [9.17, 15) is 4.79 Å². The minimum absolute atomic E-state index is 0.0265. The van der Waals surface area contributed by atoms with E-state index in [0.29, 0.717) is 24.8 Å². The number of benzene rings is 1. The summed E-state index contributed by atoms with van der Waals surface area (Å²) in [5.74, 6) is 1.13. The topological polar surface area (TPSA) is 74.5 Å². The second-order valence-electron chi connectivity index (χ2n) is 6.61. The summed E-state index contributed by atoms with van der Waals surface area (Å²) in [6.07, 6.45) is 0. The minimum Gasteiger partial charge on any atom is -0.354 e. The quantitative estimate of drug-likeness (QED) is 0.850. The summed E-state index contributed by atoms with van der Waals surface area (Å²) in [4.78, 5) is 21.0. The maximum Gasteiger partial charge on any atom is 0.234 e. The molecular weight excluding hydrogens is 318 g/mol. The SMILES string of the molecule is CC(CNC(=O)CN1CCN(C)CC1)c1nc(-c2ccccc2)no1. The van der Waals surface area contributed by atoms with Gasteiger partial charge in [0.1, 0.15) is 0 Å². The van der Waals surface area contributed by atoms with E-state index in [2.05, 4.69) is 32.3 Å². The van der Waals surface area contributed by atoms with Gasteiger partial charge in [-0.2, -0.15) is 4.98 Å². The van der Waals surface area contributed by atoms with Crippen molar-refractivity contribution in [1.82, 2.24) is 25.3 Å². The summed E-state index contributed by atoms with van der Waals surface area (Å²) in [6, 6.07) is 9.71. The third-order valence-corrected chi connectivity index (χ3v) is 4.46. The molecule has 1 N–H and O–H groups in total. The molecule has 2 aromatic rings. The Labute approximate surface area is 148 Å². The molecule has 0 bridgehead atoms. The van der Waals surface area contributed by atoms with Crippen molar-refractivity contribution in [1.29, 1.82) is 0 Å². The molecule has 1 aliphatic heterocycles. The van der Waals surface area contributed by atoms with Gasteiger partial charge in [-0.25, -0.2) is 0 Å². The highest BCUT2D eigenvalue weighted by molar-refractivity contribution is 5.78. The Morgan fingerprint density at radius 3 is 2.68 bits per heavy atom. The summed E-state index contributed by atoms with van der Waals surface area (Å²) in [7, 11) is 2.10. The molecule has 7 nitrogen and oxygen atoms in total. The molecule has 134 valence electrons. The standard InChI is InChI=1S/C18H25N5O2/c1-14(12-19-16(24)13-23-10-8-22(2)9-11-23)18-20-17(21-25-18)15-6-4-3-5-7-15/h3-7,14H,8-13H2,1-2H3,(H,19,24). The Morgan fingerprint density at radius 1 is 1.24 bits per heavy atom. The first-order valence-corrected chi connectivity index (χ1v) is 8.68. The second-order valence-corrected chi connectivity index (χ2v) is 6.61. The van der Waals surface area contributed by atoms with E-state index in [1.807, 2.05) is 37.3 Å². The third kappa shape index (κ3) is 4.87. The monoisotopic (exact) mass is 343 g/mol. The van der Waals surface area contributed by atoms with E-state index in [1.165, 1.54) is 0 Å². The first-order chi connectivity index (χ1) is 12.1. The van der Waals surface area contributed by atoms with Crippen LogP contribution in [-0.2, 0) is 4.79 Å². The zero-order valence-electron chi connectivity index (χ0n) is 14.8. The maximum atomic E-state index is 12.1. The summed E-state index contributed by atoms with van der Waals surface area (Å²) in [6.45, 7) is 6.79. The maximum absolute atomic E-state index is 12.1. The van der Waals surface area contributed by atoms with Gasteiger partial charge in [0.2, 0.25) is 17.6 Å². The fourth-order valence-corrected chi connectivity index (χ4v) is 2.76. The van der Waals surface area contributed by atoms with Gasteiger partial charge in [0.15, 0.2) is 0 Å². The Morgan fingerprint density at radius 2 is 1.96 bits per heavy atom. The molecule has 1 aromatic carbocycles. The molecular formula is C18H25N5O2. The number of carbonyl (C=O) groups excluding carboxylic acids is 1. The van der Waals surface area contributed by atoms with Crippen molar-refractivity contribution in [3.05, 3.63) is 36.2 Å². The van der Waals surface area contributed by atoms with E-state index in [4.69, 9.17) is 4.52 Å². The second kappa shape index (κ2) is 8.22. The predicted octanol–water partition coefficient (Wildman–Crippen LogP) is 1.20. The number of carbonyl (C=O) groups is 1. The molecule has 1 aliphatic rings. The lowest BCUT2D eigenvalue weighted by molar-refractivity contribution is -0.122. The molecule has 1 fully saturated rings. The van der Waals surface area contributed by atoms with Gasteiger partial charge >= 0.3 is 0 Å². The van der Waals surface area contributed by atoms with Crippen molar-refractivity contribution in [3.63, 3.8) is 0 Å². The van der Waals surface area contributed by atoms with Crippen LogP contribution in [0, 0.1) is 0 Å². The van der Waals surface area contributed by atoms with Gasteiger partial charge in [-0.1, -0.05) is 42.4 Å². The van der Waals surface area contributed by atoms with Gasteiger partial charge in [-0.15, -0.1) is 0 Å². The molecule has 0 saturated carbocycles. The molecule has 1 unspecified atom stereocenters. The molecule has 0 aliphatic carbocycles. The Balaban J connectivity index is 1.47. The van der Waals surface area contributed by atoms with Crippen LogP contribution in [0.5, 0.6) is 0 Å². The first kappa shape index (κ1) is 17.6. The van der Waals surface area contributed by atoms with Crippen LogP contribution in [0.3, 0.4) is 0 Å². The fourth-order valence-electron chi connectivity index (χ4n) is 2.76. The molecule has 1 aromatic heterocycles. The van der Waals surface area contributed by atoms with Crippen LogP contribution < -0.4 is 5.32 Å². The molecule has 0 spiro atoms. The van der Waals surface area contributed by atoms with Crippen molar-refractivity contribution >= 4 is 5.91 Å². The Kier molecular flexibility index (Phi) is 5.78. The number of amides is 1. The molecule has 3 rings (SSSR count). The average molecular weight is 343 g/mol. The molecule has 1 atom stereocenters. The Hall–Kier alpha value is -2.25. The number of likely N-dealkylation sites (N-methyl/N-ethyl adjacent to an activating group) is 1. The molecule has 1 amide bonds. The van der Waals surface area contributed by atoms with Crippen LogP contribution in [-0.4, -0.2) is 72.2 Å². The van der Waals surface area contributed by atoms with Crippen LogP contribution in [0.4, 0.5) is 0 Å². The van der Waals surface area contributed by atoms with Crippen LogP contribution >= 0.6 is 0 Å². The highest BCUT2D eigenvalue weighted by Crippen LogP contribution is 2.18. The van der Waals surface area contributed by atoms with Crippen LogP contribution in [0.15, 0.2) is 34.9 Å². The normalized spacial score (nSPS) is 17.4. The van der Waals surface area contributed by atoms with Gasteiger partial charge in [0, 0.05) is 38.3 Å².